The van der Waals surface area contributed by atoms with Gasteiger partial charge in [-0.05, 0) is 18.6 Å². The molecule has 0 atom stereocenters. The molecule has 0 amide bonds. The van der Waals surface area contributed by atoms with Gasteiger partial charge in [-0.25, -0.2) is 9.97 Å². The first-order valence-corrected chi connectivity index (χ1v) is 7.74. The smallest absolute Gasteiger partial charge is 0.138 e. The minimum absolute atomic E-state index is 0.141. The van der Waals surface area contributed by atoms with Crippen molar-refractivity contribution in [2.75, 3.05) is 0 Å². The summed E-state index contributed by atoms with van der Waals surface area (Å²) in [5, 5.41) is 8.14. The molecule has 0 saturated carbocycles. The minimum atomic E-state index is -0.155. The number of aromatic nitrogens is 5. The molecule has 3 aromatic rings. The number of hydrogen-bond acceptors (Lipinski definition) is 5. The van der Waals surface area contributed by atoms with E-state index in [2.05, 4.69) is 47.9 Å². The summed E-state index contributed by atoms with van der Waals surface area (Å²) in [5.41, 5.74) is 3.43. The topological polar surface area (TPSA) is 64.5 Å². The Morgan fingerprint density at radius 3 is 2.26 bits per heavy atom. The number of nitrogens with zero attached hydrogens (tertiary/aromatic N) is 5. The lowest BCUT2D eigenvalue weighted by molar-refractivity contribution is 0.333. The molecule has 0 aliphatic heterocycles. The Balaban J connectivity index is 1.93. The maximum atomic E-state index is 4.81. The molecule has 0 N–H and O–H groups in total. The van der Waals surface area contributed by atoms with Crippen molar-refractivity contribution in [2.24, 2.45) is 0 Å². The standard InChI is InChI=1S/C18H21N5/c1-17(2,11-18(3,4)16-9-19-12-21-23-16)15-10-20-13-7-5-6-8-14(13)22-15/h5-10,12H,11H2,1-4H3. The van der Waals surface area contributed by atoms with Gasteiger partial charge in [0.05, 0.1) is 28.6 Å². The van der Waals surface area contributed by atoms with Crippen LogP contribution in [0.2, 0.25) is 0 Å². The third-order valence-corrected chi connectivity index (χ3v) is 4.20. The molecule has 0 spiro atoms. The van der Waals surface area contributed by atoms with Crippen LogP contribution in [-0.4, -0.2) is 25.1 Å². The average molecular weight is 307 g/mol. The zero-order valence-electron chi connectivity index (χ0n) is 14.0. The molecular formula is C18H21N5. The van der Waals surface area contributed by atoms with Crippen molar-refractivity contribution in [1.82, 2.24) is 25.1 Å². The fraction of sp³-hybridized carbons (Fsp3) is 0.389. The maximum absolute atomic E-state index is 4.81. The Bertz CT molecular complexity index is 812. The number of fused-ring (bicyclic) bond motifs is 1. The van der Waals surface area contributed by atoms with Crippen LogP contribution in [0.15, 0.2) is 43.0 Å². The third kappa shape index (κ3) is 3.18. The Morgan fingerprint density at radius 1 is 0.870 bits per heavy atom. The minimum Gasteiger partial charge on any atom is -0.253 e. The van der Waals surface area contributed by atoms with E-state index in [9.17, 15) is 0 Å². The molecule has 0 saturated heterocycles. The van der Waals surface area contributed by atoms with Crippen LogP contribution in [0.5, 0.6) is 0 Å². The molecule has 0 fully saturated rings. The molecule has 0 radical (unpaired) electrons. The van der Waals surface area contributed by atoms with Gasteiger partial charge >= 0.3 is 0 Å². The number of para-hydroxylation sites is 2. The van der Waals surface area contributed by atoms with Crippen molar-refractivity contribution in [3.63, 3.8) is 0 Å². The van der Waals surface area contributed by atoms with Gasteiger partial charge in [0.15, 0.2) is 0 Å². The van der Waals surface area contributed by atoms with Gasteiger partial charge in [0.25, 0.3) is 0 Å². The summed E-state index contributed by atoms with van der Waals surface area (Å²) >= 11 is 0. The van der Waals surface area contributed by atoms with Gasteiger partial charge in [0.1, 0.15) is 6.33 Å². The third-order valence-electron chi connectivity index (χ3n) is 4.20. The van der Waals surface area contributed by atoms with Crippen molar-refractivity contribution < 1.29 is 0 Å². The Labute approximate surface area is 136 Å². The molecule has 1 aromatic carbocycles. The second-order valence-corrected chi connectivity index (χ2v) is 7.18. The van der Waals surface area contributed by atoms with Crippen LogP contribution < -0.4 is 0 Å². The second-order valence-electron chi connectivity index (χ2n) is 7.18. The maximum Gasteiger partial charge on any atom is 0.138 e. The van der Waals surface area contributed by atoms with E-state index in [0.717, 1.165) is 28.8 Å². The summed E-state index contributed by atoms with van der Waals surface area (Å²) in [6.45, 7) is 8.71. The first kappa shape index (κ1) is 15.5. The monoisotopic (exact) mass is 307 g/mol. The van der Waals surface area contributed by atoms with Crippen molar-refractivity contribution in [3.05, 3.63) is 54.4 Å². The molecule has 23 heavy (non-hydrogen) atoms. The summed E-state index contributed by atoms with van der Waals surface area (Å²) in [7, 11) is 0. The molecule has 0 aliphatic carbocycles. The van der Waals surface area contributed by atoms with Crippen molar-refractivity contribution in [1.29, 1.82) is 0 Å². The molecular weight excluding hydrogens is 286 g/mol. The summed E-state index contributed by atoms with van der Waals surface area (Å²) in [6, 6.07) is 7.95. The molecule has 5 nitrogen and oxygen atoms in total. The predicted molar refractivity (Wildman–Crippen MR) is 90.0 cm³/mol. The molecule has 0 aliphatic rings. The first-order valence-electron chi connectivity index (χ1n) is 7.74. The van der Waals surface area contributed by atoms with Gasteiger partial charge in [0.2, 0.25) is 0 Å². The molecule has 0 unspecified atom stereocenters. The van der Waals surface area contributed by atoms with Gasteiger partial charge < -0.3 is 0 Å². The van der Waals surface area contributed by atoms with E-state index in [1.165, 1.54) is 6.33 Å². The highest BCUT2D eigenvalue weighted by atomic mass is 15.1. The van der Waals surface area contributed by atoms with Crippen LogP contribution in [0, 0.1) is 0 Å². The highest BCUT2D eigenvalue weighted by molar-refractivity contribution is 5.73. The molecule has 118 valence electrons. The lowest BCUT2D eigenvalue weighted by Crippen LogP contribution is -2.31. The normalized spacial score (nSPS) is 12.5. The zero-order valence-corrected chi connectivity index (χ0v) is 14.0. The Kier molecular flexibility index (Phi) is 3.80. The van der Waals surface area contributed by atoms with Gasteiger partial charge in [-0.3, -0.25) is 4.98 Å². The van der Waals surface area contributed by atoms with Crippen LogP contribution in [0.3, 0.4) is 0 Å². The number of benzene rings is 1. The number of hydrogen-bond donors (Lipinski definition) is 0. The van der Waals surface area contributed by atoms with Gasteiger partial charge in [0, 0.05) is 17.0 Å². The van der Waals surface area contributed by atoms with Crippen molar-refractivity contribution in [3.8, 4) is 0 Å². The molecule has 2 heterocycles. The van der Waals surface area contributed by atoms with Crippen LogP contribution >= 0.6 is 0 Å². The zero-order chi connectivity index (χ0) is 16.5. The van der Waals surface area contributed by atoms with Crippen molar-refractivity contribution >= 4 is 11.0 Å². The highest BCUT2D eigenvalue weighted by Gasteiger charge is 2.34. The van der Waals surface area contributed by atoms with Crippen LogP contribution in [0.4, 0.5) is 0 Å². The highest BCUT2D eigenvalue weighted by Crippen LogP contribution is 2.37. The fourth-order valence-electron chi connectivity index (χ4n) is 3.13. The van der Waals surface area contributed by atoms with E-state index in [1.807, 2.05) is 30.5 Å². The van der Waals surface area contributed by atoms with E-state index in [4.69, 9.17) is 4.98 Å². The Hall–Kier alpha value is -2.43. The molecule has 2 aromatic heterocycles. The van der Waals surface area contributed by atoms with E-state index in [1.54, 1.807) is 6.20 Å². The van der Waals surface area contributed by atoms with Crippen LogP contribution in [-0.2, 0) is 10.8 Å². The largest absolute Gasteiger partial charge is 0.253 e. The van der Waals surface area contributed by atoms with E-state index >= 15 is 0 Å². The lowest BCUT2D eigenvalue weighted by Gasteiger charge is -2.33. The van der Waals surface area contributed by atoms with Crippen LogP contribution in [0.1, 0.15) is 45.5 Å². The number of rotatable bonds is 4. The molecule has 3 rings (SSSR count). The predicted octanol–water partition coefficient (Wildman–Crippen LogP) is 3.46. The Morgan fingerprint density at radius 2 is 1.57 bits per heavy atom. The molecule has 0 bridgehead atoms. The second kappa shape index (κ2) is 5.65. The van der Waals surface area contributed by atoms with Crippen LogP contribution in [0.25, 0.3) is 11.0 Å². The fourth-order valence-corrected chi connectivity index (χ4v) is 3.13. The average Bonchev–Trinajstić information content (AvgIpc) is 2.54. The quantitative estimate of drug-likeness (QED) is 0.738. The van der Waals surface area contributed by atoms with Gasteiger partial charge in [-0.2, -0.15) is 5.10 Å². The summed E-state index contributed by atoms with van der Waals surface area (Å²) in [5.74, 6) is 0. The van der Waals surface area contributed by atoms with E-state index < -0.39 is 0 Å². The van der Waals surface area contributed by atoms with E-state index in [-0.39, 0.29) is 10.8 Å². The van der Waals surface area contributed by atoms with E-state index in [0.29, 0.717) is 0 Å². The SMILES string of the molecule is CC(C)(CC(C)(C)c1cnc2ccccc2n1)c1cncnn1. The lowest BCUT2D eigenvalue weighted by atomic mass is 9.72. The van der Waals surface area contributed by atoms with Gasteiger partial charge in [-0.15, -0.1) is 5.10 Å². The molecule has 5 heteroatoms. The van der Waals surface area contributed by atoms with Crippen molar-refractivity contribution in [2.45, 2.75) is 44.9 Å². The first-order chi connectivity index (χ1) is 10.9. The summed E-state index contributed by atoms with van der Waals surface area (Å²) in [4.78, 5) is 13.5. The summed E-state index contributed by atoms with van der Waals surface area (Å²) < 4.78 is 0. The van der Waals surface area contributed by atoms with Gasteiger partial charge in [-0.1, -0.05) is 39.8 Å². The summed E-state index contributed by atoms with van der Waals surface area (Å²) in [6.07, 6.45) is 6.00.